The first-order valence-electron chi connectivity index (χ1n) is 10.8. The summed E-state index contributed by atoms with van der Waals surface area (Å²) in [6, 6.07) is 4.31. The van der Waals surface area contributed by atoms with E-state index in [1.807, 2.05) is 6.92 Å². The van der Waals surface area contributed by atoms with Gasteiger partial charge in [0.25, 0.3) is 0 Å². The second-order valence-corrected chi connectivity index (χ2v) is 9.66. The Hall–Kier alpha value is -2.70. The first-order valence-corrected chi connectivity index (χ1v) is 11.9. The van der Waals surface area contributed by atoms with Crippen molar-refractivity contribution >= 4 is 34.1 Å². The van der Waals surface area contributed by atoms with Crippen molar-refractivity contribution in [2.24, 2.45) is 0 Å². The van der Waals surface area contributed by atoms with E-state index in [0.29, 0.717) is 31.2 Å². The van der Waals surface area contributed by atoms with Crippen LogP contribution in [0.4, 0.5) is 26.3 Å². The molecule has 0 amide bonds. The number of ether oxygens (including phenoxy) is 1. The molecule has 2 aromatic rings. The van der Waals surface area contributed by atoms with Crippen molar-refractivity contribution in [3.8, 4) is 5.75 Å². The molecule has 4 rings (SSSR count). The lowest BCUT2D eigenvalue weighted by Gasteiger charge is -2.35. The van der Waals surface area contributed by atoms with E-state index in [1.54, 1.807) is 29.3 Å². The van der Waals surface area contributed by atoms with Gasteiger partial charge in [0.05, 0.1) is 14.7 Å². The summed E-state index contributed by atoms with van der Waals surface area (Å²) in [5.41, 5.74) is 0.880. The quantitative estimate of drug-likeness (QED) is 0.281. The van der Waals surface area contributed by atoms with Crippen LogP contribution in [0.25, 0.3) is 5.57 Å². The van der Waals surface area contributed by atoms with Gasteiger partial charge >= 0.3 is 18.3 Å². The first kappa shape index (κ1) is 26.4. The molecule has 1 aliphatic heterocycles. The third-order valence-electron chi connectivity index (χ3n) is 6.39. The Balaban J connectivity index is 1.55. The monoisotopic (exact) mass is 623 g/mol. The van der Waals surface area contributed by atoms with Crippen LogP contribution in [0.3, 0.4) is 0 Å². The predicted molar refractivity (Wildman–Crippen MR) is 128 cm³/mol. The van der Waals surface area contributed by atoms with Gasteiger partial charge in [-0.1, -0.05) is 12.1 Å². The van der Waals surface area contributed by atoms with E-state index in [1.165, 1.54) is 0 Å². The molecule has 0 spiro atoms. The highest BCUT2D eigenvalue weighted by molar-refractivity contribution is 14.1. The number of halogens is 7. The number of benzene rings is 2. The van der Waals surface area contributed by atoms with E-state index < -0.39 is 47.7 Å². The van der Waals surface area contributed by atoms with Crippen LogP contribution in [0.2, 0.25) is 0 Å². The number of hydrogen-bond donors (Lipinski definition) is 1. The van der Waals surface area contributed by atoms with Crippen LogP contribution < -0.4 is 4.74 Å². The third-order valence-corrected chi connectivity index (χ3v) is 7.57. The minimum absolute atomic E-state index is 0.106. The molecule has 4 nitrogen and oxygen atoms in total. The SMILES string of the molecule is CC1=C(CN2C=CC2C(=O)O)CCc2c1ccc(OCc1ccc(C(F)(F)F)cc1C(F)(F)F)c2I. The lowest BCUT2D eigenvalue weighted by Crippen LogP contribution is -2.43. The normalized spacial score (nSPS) is 17.7. The van der Waals surface area contributed by atoms with Crippen molar-refractivity contribution in [3.05, 3.63) is 79.6 Å². The van der Waals surface area contributed by atoms with Crippen molar-refractivity contribution in [2.75, 3.05) is 6.54 Å². The molecule has 1 N–H and O–H groups in total. The Bertz CT molecular complexity index is 1270. The average molecular weight is 623 g/mol. The highest BCUT2D eigenvalue weighted by Crippen LogP contribution is 2.40. The first-order chi connectivity index (χ1) is 16.8. The Morgan fingerprint density at radius 1 is 1.11 bits per heavy atom. The fraction of sp³-hybridized carbons (Fsp3) is 0.320. The second-order valence-electron chi connectivity index (χ2n) is 8.59. The Kier molecular flexibility index (Phi) is 7.06. The maximum Gasteiger partial charge on any atom is 0.416 e. The van der Waals surface area contributed by atoms with E-state index in [2.05, 4.69) is 22.6 Å². The molecule has 11 heteroatoms. The molecular weight excluding hydrogens is 603 g/mol. The van der Waals surface area contributed by atoms with Crippen molar-refractivity contribution in [3.63, 3.8) is 0 Å². The fourth-order valence-electron chi connectivity index (χ4n) is 4.35. The Morgan fingerprint density at radius 2 is 1.83 bits per heavy atom. The van der Waals surface area contributed by atoms with E-state index in [4.69, 9.17) is 4.74 Å². The Morgan fingerprint density at radius 3 is 2.42 bits per heavy atom. The summed E-state index contributed by atoms with van der Waals surface area (Å²) in [6.45, 7) is 1.89. The molecule has 2 aromatic carbocycles. The molecule has 36 heavy (non-hydrogen) atoms. The largest absolute Gasteiger partial charge is 0.488 e. The molecule has 2 aliphatic rings. The molecule has 192 valence electrons. The molecule has 1 heterocycles. The third kappa shape index (κ3) is 5.21. The lowest BCUT2D eigenvalue weighted by molar-refractivity contribution is -0.144. The summed E-state index contributed by atoms with van der Waals surface area (Å²) in [6.07, 6.45) is -5.17. The van der Waals surface area contributed by atoms with Gasteiger partial charge in [-0.25, -0.2) is 4.79 Å². The zero-order chi connectivity index (χ0) is 26.4. The van der Waals surface area contributed by atoms with E-state index >= 15 is 0 Å². The van der Waals surface area contributed by atoms with Crippen molar-refractivity contribution in [1.29, 1.82) is 0 Å². The van der Waals surface area contributed by atoms with Gasteiger partial charge in [-0.05, 0) is 95.1 Å². The van der Waals surface area contributed by atoms with E-state index in [9.17, 15) is 36.2 Å². The maximum atomic E-state index is 13.4. The highest BCUT2D eigenvalue weighted by Gasteiger charge is 2.38. The molecule has 0 saturated heterocycles. The number of allylic oxidation sites excluding steroid dienone is 1. The summed E-state index contributed by atoms with van der Waals surface area (Å²) in [7, 11) is 0. The fourth-order valence-corrected chi connectivity index (χ4v) is 5.24. The van der Waals surface area contributed by atoms with E-state index in [0.717, 1.165) is 31.9 Å². The van der Waals surface area contributed by atoms with Crippen LogP contribution in [-0.2, 0) is 30.2 Å². The van der Waals surface area contributed by atoms with E-state index in [-0.39, 0.29) is 6.07 Å². The minimum atomic E-state index is -4.97. The lowest BCUT2D eigenvalue weighted by atomic mass is 9.85. The van der Waals surface area contributed by atoms with Gasteiger partial charge in [0.2, 0.25) is 0 Å². The zero-order valence-corrected chi connectivity index (χ0v) is 21.0. The maximum absolute atomic E-state index is 13.4. The van der Waals surface area contributed by atoms with Crippen LogP contribution in [0.15, 0.2) is 48.2 Å². The van der Waals surface area contributed by atoms with Gasteiger partial charge in [-0.15, -0.1) is 0 Å². The number of alkyl halides is 6. The second kappa shape index (κ2) is 9.64. The summed E-state index contributed by atoms with van der Waals surface area (Å²) < 4.78 is 85.5. The molecule has 0 fully saturated rings. The molecule has 1 atom stereocenters. The number of rotatable bonds is 6. The summed E-state index contributed by atoms with van der Waals surface area (Å²) in [4.78, 5) is 13.0. The molecule has 0 radical (unpaired) electrons. The summed E-state index contributed by atoms with van der Waals surface area (Å²) >= 11 is 2.06. The van der Waals surface area contributed by atoms with Crippen LogP contribution in [0, 0.1) is 3.57 Å². The number of hydrogen-bond acceptors (Lipinski definition) is 3. The molecule has 0 saturated carbocycles. The minimum Gasteiger partial charge on any atom is -0.488 e. The Labute approximate surface area is 216 Å². The number of aliphatic carboxylic acids is 1. The number of fused-ring (bicyclic) bond motifs is 1. The smallest absolute Gasteiger partial charge is 0.416 e. The van der Waals surface area contributed by atoms with Crippen molar-refractivity contribution in [2.45, 2.75) is 44.8 Å². The predicted octanol–water partition coefficient (Wildman–Crippen LogP) is 6.91. The van der Waals surface area contributed by atoms with Gasteiger partial charge in [0, 0.05) is 12.1 Å². The van der Waals surface area contributed by atoms with Gasteiger partial charge in [0.1, 0.15) is 18.4 Å². The molecular formula is C25H20F6INO3. The zero-order valence-electron chi connectivity index (χ0n) is 18.8. The standard InChI is InChI=1S/C25H20F6INO3/c1-13-14(11-33-9-8-20(33)23(34)35)3-5-18-17(13)6-7-21(22(18)32)36-12-15-2-4-16(24(26,27)28)10-19(15)25(29,30)31/h2,4,6-10,20H,3,5,11-12H2,1H3,(H,34,35). The molecule has 0 aromatic heterocycles. The molecule has 1 aliphatic carbocycles. The number of carboxylic acid groups (broad SMARTS) is 1. The van der Waals surface area contributed by atoms with Gasteiger partial charge in [-0.2, -0.15) is 26.3 Å². The average Bonchev–Trinajstić information content (AvgIpc) is 2.75. The number of carbonyl (C=O) groups is 1. The van der Waals surface area contributed by atoms with Gasteiger partial charge in [-0.3, -0.25) is 0 Å². The van der Waals surface area contributed by atoms with Crippen LogP contribution in [-0.4, -0.2) is 28.6 Å². The van der Waals surface area contributed by atoms with Crippen LogP contribution >= 0.6 is 22.6 Å². The van der Waals surface area contributed by atoms with Gasteiger partial charge in [0.15, 0.2) is 0 Å². The van der Waals surface area contributed by atoms with Crippen molar-refractivity contribution < 1.29 is 41.0 Å². The van der Waals surface area contributed by atoms with Crippen molar-refractivity contribution in [1.82, 2.24) is 4.90 Å². The summed E-state index contributed by atoms with van der Waals surface area (Å²) in [5.74, 6) is -0.569. The highest BCUT2D eigenvalue weighted by atomic mass is 127. The number of nitrogens with zero attached hydrogens (tertiary/aromatic N) is 1. The topological polar surface area (TPSA) is 49.8 Å². The summed E-state index contributed by atoms with van der Waals surface area (Å²) in [5, 5.41) is 9.23. The van der Waals surface area contributed by atoms with Crippen LogP contribution in [0.1, 0.15) is 41.2 Å². The molecule has 1 unspecified atom stereocenters. The molecule has 0 bridgehead atoms. The van der Waals surface area contributed by atoms with Crippen LogP contribution in [0.5, 0.6) is 5.75 Å². The number of carboxylic acids is 1. The van der Waals surface area contributed by atoms with Gasteiger partial charge < -0.3 is 14.7 Å².